The van der Waals surface area contributed by atoms with Gasteiger partial charge in [0.15, 0.2) is 0 Å². The number of fused-ring (bicyclic) bond motifs is 4. The van der Waals surface area contributed by atoms with Gasteiger partial charge in [0.25, 0.3) is 0 Å². The monoisotopic (exact) mass is 324 g/mol. The second-order valence-corrected chi connectivity index (χ2v) is 5.23. The van der Waals surface area contributed by atoms with E-state index in [-0.39, 0.29) is 5.52 Å². The number of nitriles is 1. The van der Waals surface area contributed by atoms with Crippen LogP contribution in [0.1, 0.15) is 16.8 Å². The van der Waals surface area contributed by atoms with Gasteiger partial charge in [0, 0.05) is 11.1 Å². The first kappa shape index (κ1) is 14.3. The smallest absolute Gasteiger partial charge is 0.244 e. The van der Waals surface area contributed by atoms with Gasteiger partial charge < -0.3 is 0 Å². The van der Waals surface area contributed by atoms with Crippen molar-refractivity contribution in [1.29, 1.82) is 5.26 Å². The molecule has 1 aliphatic carbocycles. The Bertz CT molecular complexity index is 1060. The van der Waals surface area contributed by atoms with Gasteiger partial charge >= 0.3 is 6.18 Å². The molecule has 0 N–H and O–H groups in total. The second kappa shape index (κ2) is 4.86. The zero-order valence-corrected chi connectivity index (χ0v) is 12.0. The van der Waals surface area contributed by atoms with Crippen LogP contribution in [0.15, 0.2) is 47.5 Å². The molecule has 0 spiro atoms. The van der Waals surface area contributed by atoms with Crippen LogP contribution in [0.4, 0.5) is 13.2 Å². The fourth-order valence-electron chi connectivity index (χ4n) is 2.77. The van der Waals surface area contributed by atoms with Gasteiger partial charge in [-0.3, -0.25) is 0 Å². The van der Waals surface area contributed by atoms with Crippen LogP contribution in [0.3, 0.4) is 0 Å². The van der Waals surface area contributed by atoms with Crippen LogP contribution in [0.25, 0.3) is 22.3 Å². The van der Waals surface area contributed by atoms with Crippen LogP contribution in [-0.4, -0.2) is 15.7 Å². The van der Waals surface area contributed by atoms with E-state index in [0.717, 1.165) is 12.1 Å². The zero-order chi connectivity index (χ0) is 16.9. The van der Waals surface area contributed by atoms with Crippen molar-refractivity contribution >= 4 is 16.7 Å². The average Bonchev–Trinajstić information content (AvgIpc) is 2.86. The van der Waals surface area contributed by atoms with Crippen molar-refractivity contribution in [3.05, 3.63) is 59.3 Å². The first-order chi connectivity index (χ1) is 11.5. The molecule has 1 aliphatic rings. The highest BCUT2D eigenvalue weighted by Crippen LogP contribution is 2.37. The number of rotatable bonds is 0. The minimum absolute atomic E-state index is 0.150. The second-order valence-electron chi connectivity index (χ2n) is 5.23. The van der Waals surface area contributed by atoms with Crippen molar-refractivity contribution in [1.82, 2.24) is 9.97 Å². The summed E-state index contributed by atoms with van der Waals surface area (Å²) in [5, 5.41) is 8.91. The summed E-state index contributed by atoms with van der Waals surface area (Å²) in [5.41, 5.74) is 2.32. The molecule has 0 amide bonds. The molecule has 4 nitrogen and oxygen atoms in total. The summed E-state index contributed by atoms with van der Waals surface area (Å²) in [4.78, 5) is 12.5. The molecule has 0 atom stereocenters. The number of alkyl halides is 3. The molecule has 116 valence electrons. The molecular weight excluding hydrogens is 317 g/mol. The summed E-state index contributed by atoms with van der Waals surface area (Å²) >= 11 is 0. The minimum atomic E-state index is -4.44. The van der Waals surface area contributed by atoms with E-state index in [4.69, 9.17) is 5.26 Å². The molecule has 3 aromatic rings. The lowest BCUT2D eigenvalue weighted by atomic mass is 10.1. The van der Waals surface area contributed by atoms with E-state index in [9.17, 15) is 13.2 Å². The Hall–Kier alpha value is -3.27. The molecule has 7 heteroatoms. The average molecular weight is 324 g/mol. The van der Waals surface area contributed by atoms with Gasteiger partial charge in [0.1, 0.15) is 11.4 Å². The summed E-state index contributed by atoms with van der Waals surface area (Å²) in [6.45, 7) is 0. The minimum Gasteiger partial charge on any atom is -0.244 e. The lowest BCUT2D eigenvalue weighted by molar-refractivity contribution is -0.137. The van der Waals surface area contributed by atoms with E-state index < -0.39 is 11.7 Å². The highest BCUT2D eigenvalue weighted by molar-refractivity contribution is 6.23. The van der Waals surface area contributed by atoms with Gasteiger partial charge in [-0.1, -0.05) is 24.3 Å². The first-order valence-electron chi connectivity index (χ1n) is 6.95. The van der Waals surface area contributed by atoms with Gasteiger partial charge in [-0.15, -0.1) is 0 Å². The molecule has 0 saturated heterocycles. The predicted molar refractivity (Wildman–Crippen MR) is 81.2 cm³/mol. The highest BCUT2D eigenvalue weighted by Gasteiger charge is 2.32. The fraction of sp³-hybridized carbons (Fsp3) is 0.0588. The van der Waals surface area contributed by atoms with Gasteiger partial charge in [-0.05, 0) is 18.2 Å². The normalized spacial score (nSPS) is 14.5. The number of hydrogen-bond donors (Lipinski definition) is 0. The quantitative estimate of drug-likeness (QED) is 0.460. The Labute approximate surface area is 133 Å². The third-order valence-corrected chi connectivity index (χ3v) is 3.81. The molecule has 1 heterocycles. The molecule has 0 radical (unpaired) electrons. The van der Waals surface area contributed by atoms with Gasteiger partial charge in [0.2, 0.25) is 6.19 Å². The topological polar surface area (TPSA) is 61.9 Å². The molecule has 1 aromatic heterocycles. The van der Waals surface area contributed by atoms with Crippen molar-refractivity contribution in [2.45, 2.75) is 6.18 Å². The van der Waals surface area contributed by atoms with Crippen LogP contribution in [-0.2, 0) is 6.18 Å². The maximum absolute atomic E-state index is 12.9. The lowest BCUT2D eigenvalue weighted by Gasteiger charge is -2.08. The Kier molecular flexibility index (Phi) is 2.90. The predicted octanol–water partition coefficient (Wildman–Crippen LogP) is 3.95. The number of aromatic nitrogens is 2. The van der Waals surface area contributed by atoms with Crippen LogP contribution < -0.4 is 0 Å². The van der Waals surface area contributed by atoms with Gasteiger partial charge in [0.05, 0.1) is 22.3 Å². The van der Waals surface area contributed by atoms with Gasteiger partial charge in [-0.25, -0.2) is 9.97 Å². The SMILES string of the molecule is N#C/N=C1\c2ccccc2-c2nc3cc(C(F)(F)F)ccc3nc21. The zero-order valence-electron chi connectivity index (χ0n) is 12.0. The number of hydrogen-bond acceptors (Lipinski definition) is 4. The van der Waals surface area contributed by atoms with Crippen LogP contribution in [0.2, 0.25) is 0 Å². The van der Waals surface area contributed by atoms with Crippen LogP contribution >= 0.6 is 0 Å². The summed E-state index contributed by atoms with van der Waals surface area (Å²) in [7, 11) is 0. The maximum atomic E-state index is 12.9. The molecule has 0 fully saturated rings. The van der Waals surface area contributed by atoms with E-state index in [1.54, 1.807) is 30.5 Å². The van der Waals surface area contributed by atoms with Crippen molar-refractivity contribution in [3.63, 3.8) is 0 Å². The third kappa shape index (κ3) is 2.04. The third-order valence-electron chi connectivity index (χ3n) is 3.81. The van der Waals surface area contributed by atoms with E-state index in [0.29, 0.717) is 33.7 Å². The first-order valence-corrected chi connectivity index (χ1v) is 6.95. The number of halogens is 3. The van der Waals surface area contributed by atoms with Crippen molar-refractivity contribution < 1.29 is 13.2 Å². The van der Waals surface area contributed by atoms with Gasteiger partial charge in [-0.2, -0.15) is 23.4 Å². The van der Waals surface area contributed by atoms with Crippen LogP contribution in [0.5, 0.6) is 0 Å². The Morgan fingerprint density at radius 2 is 1.62 bits per heavy atom. The number of aliphatic imine (C=N–C) groups is 1. The summed E-state index contributed by atoms with van der Waals surface area (Å²) < 4.78 is 38.7. The molecule has 0 aliphatic heterocycles. The van der Waals surface area contributed by atoms with E-state index in [1.165, 1.54) is 6.07 Å². The van der Waals surface area contributed by atoms with E-state index >= 15 is 0 Å². The standard InChI is InChI=1S/C17H7F3N4/c18-17(19,20)9-5-6-12-13(7-9)24-15-11-4-2-1-3-10(11)14(22-8-21)16(15)23-12/h1-7H/b22-14+. The highest BCUT2D eigenvalue weighted by atomic mass is 19.4. The molecule has 0 bridgehead atoms. The van der Waals surface area contributed by atoms with E-state index in [2.05, 4.69) is 15.0 Å². The molecule has 24 heavy (non-hydrogen) atoms. The van der Waals surface area contributed by atoms with Crippen LogP contribution in [0, 0.1) is 11.5 Å². The van der Waals surface area contributed by atoms with Crippen molar-refractivity contribution in [2.24, 2.45) is 4.99 Å². The number of nitrogens with zero attached hydrogens (tertiary/aromatic N) is 4. The van der Waals surface area contributed by atoms with Crippen molar-refractivity contribution in [3.8, 4) is 17.5 Å². The maximum Gasteiger partial charge on any atom is 0.416 e. The molecule has 0 saturated carbocycles. The molecule has 0 unspecified atom stereocenters. The fourth-order valence-corrected chi connectivity index (χ4v) is 2.77. The Morgan fingerprint density at radius 1 is 0.917 bits per heavy atom. The molecule has 4 rings (SSSR count). The Morgan fingerprint density at radius 3 is 2.33 bits per heavy atom. The largest absolute Gasteiger partial charge is 0.416 e. The lowest BCUT2D eigenvalue weighted by Crippen LogP contribution is -2.06. The summed E-state index contributed by atoms with van der Waals surface area (Å²) in [5.74, 6) is 0. The van der Waals surface area contributed by atoms with E-state index in [1.807, 2.05) is 0 Å². The summed E-state index contributed by atoms with van der Waals surface area (Å²) in [6, 6.07) is 10.4. The molecular formula is C17H7F3N4. The summed E-state index contributed by atoms with van der Waals surface area (Å²) in [6.07, 6.45) is -2.70. The molecule has 2 aromatic carbocycles. The van der Waals surface area contributed by atoms with Crippen molar-refractivity contribution in [2.75, 3.05) is 0 Å². The Balaban J connectivity index is 2.03. The number of benzene rings is 2.